The lowest BCUT2D eigenvalue weighted by Crippen LogP contribution is -2.27. The Kier molecular flexibility index (Phi) is 6.27. The number of benzene rings is 1. The summed E-state index contributed by atoms with van der Waals surface area (Å²) < 4.78 is 5.26. The number of thiophene rings is 1. The SMILES string of the molecule is Cc1sc(NC(=O)C2CC2)c(C(=O)OCC(=O)Nc2ccccc2N2CCCC2=O)c1C. The highest BCUT2D eigenvalue weighted by molar-refractivity contribution is 7.16. The van der Waals surface area contributed by atoms with Crippen LogP contribution in [-0.4, -0.2) is 36.8 Å². The van der Waals surface area contributed by atoms with Gasteiger partial charge < -0.3 is 20.3 Å². The van der Waals surface area contributed by atoms with Crippen LogP contribution in [0.2, 0.25) is 0 Å². The summed E-state index contributed by atoms with van der Waals surface area (Å²) in [7, 11) is 0. The first-order chi connectivity index (χ1) is 15.3. The van der Waals surface area contributed by atoms with Gasteiger partial charge in [0.1, 0.15) is 5.00 Å². The fourth-order valence-electron chi connectivity index (χ4n) is 3.63. The quantitative estimate of drug-likeness (QED) is 0.621. The molecule has 0 unspecified atom stereocenters. The smallest absolute Gasteiger partial charge is 0.341 e. The number of nitrogens with zero attached hydrogens (tertiary/aromatic N) is 1. The number of carbonyl (C=O) groups excluding carboxylic acids is 4. The molecule has 4 rings (SSSR count). The van der Waals surface area contributed by atoms with Crippen molar-refractivity contribution in [3.8, 4) is 0 Å². The lowest BCUT2D eigenvalue weighted by atomic mass is 10.1. The predicted molar refractivity (Wildman–Crippen MR) is 122 cm³/mol. The molecule has 1 aliphatic heterocycles. The van der Waals surface area contributed by atoms with Crippen molar-refractivity contribution < 1.29 is 23.9 Å². The summed E-state index contributed by atoms with van der Waals surface area (Å²) in [4.78, 5) is 52.0. The van der Waals surface area contributed by atoms with Crippen molar-refractivity contribution in [2.24, 2.45) is 5.92 Å². The molecule has 2 N–H and O–H groups in total. The van der Waals surface area contributed by atoms with E-state index in [4.69, 9.17) is 4.74 Å². The van der Waals surface area contributed by atoms with Crippen LogP contribution >= 0.6 is 11.3 Å². The highest BCUT2D eigenvalue weighted by Crippen LogP contribution is 2.36. The fraction of sp³-hybridized carbons (Fsp3) is 0.391. The Hall–Kier alpha value is -3.20. The number of hydrogen-bond donors (Lipinski definition) is 2. The first-order valence-corrected chi connectivity index (χ1v) is 11.4. The van der Waals surface area contributed by atoms with Crippen molar-refractivity contribution >= 4 is 51.4 Å². The second kappa shape index (κ2) is 9.12. The summed E-state index contributed by atoms with van der Waals surface area (Å²) in [6.07, 6.45) is 2.98. The number of ether oxygens (including phenoxy) is 1. The number of esters is 1. The second-order valence-electron chi connectivity index (χ2n) is 8.04. The zero-order valence-electron chi connectivity index (χ0n) is 18.0. The van der Waals surface area contributed by atoms with E-state index < -0.39 is 18.5 Å². The topological polar surface area (TPSA) is 105 Å². The van der Waals surface area contributed by atoms with Crippen LogP contribution in [0.5, 0.6) is 0 Å². The maximum atomic E-state index is 12.7. The summed E-state index contributed by atoms with van der Waals surface area (Å²) >= 11 is 1.33. The lowest BCUT2D eigenvalue weighted by molar-refractivity contribution is -0.119. The maximum absolute atomic E-state index is 12.7. The number of carbonyl (C=O) groups is 4. The largest absolute Gasteiger partial charge is 0.452 e. The van der Waals surface area contributed by atoms with Crippen molar-refractivity contribution in [3.05, 3.63) is 40.3 Å². The molecule has 168 valence electrons. The van der Waals surface area contributed by atoms with E-state index in [1.165, 1.54) is 11.3 Å². The van der Waals surface area contributed by atoms with Crippen molar-refractivity contribution in [2.75, 3.05) is 28.7 Å². The third kappa shape index (κ3) is 4.67. The van der Waals surface area contributed by atoms with Gasteiger partial charge in [-0.05, 0) is 50.8 Å². The Morgan fingerprint density at radius 1 is 1.16 bits per heavy atom. The minimum Gasteiger partial charge on any atom is -0.452 e. The summed E-state index contributed by atoms with van der Waals surface area (Å²) in [5.74, 6) is -1.23. The van der Waals surface area contributed by atoms with Crippen LogP contribution in [0.15, 0.2) is 24.3 Å². The highest BCUT2D eigenvalue weighted by Gasteiger charge is 2.32. The number of nitrogens with one attached hydrogen (secondary N) is 2. The summed E-state index contributed by atoms with van der Waals surface area (Å²) in [6, 6.07) is 7.05. The van der Waals surface area contributed by atoms with E-state index in [1.54, 1.807) is 36.1 Å². The molecule has 0 atom stereocenters. The molecule has 1 saturated heterocycles. The van der Waals surface area contributed by atoms with E-state index in [0.29, 0.717) is 29.3 Å². The molecule has 2 aromatic rings. The molecule has 32 heavy (non-hydrogen) atoms. The van der Waals surface area contributed by atoms with Gasteiger partial charge in [-0.1, -0.05) is 12.1 Å². The summed E-state index contributed by atoms with van der Waals surface area (Å²) in [5, 5.41) is 6.01. The molecule has 1 aromatic carbocycles. The molecule has 2 aliphatic rings. The van der Waals surface area contributed by atoms with Crippen molar-refractivity contribution in [2.45, 2.75) is 39.5 Å². The van der Waals surface area contributed by atoms with Crippen LogP contribution in [-0.2, 0) is 19.1 Å². The highest BCUT2D eigenvalue weighted by atomic mass is 32.1. The molecule has 1 aromatic heterocycles. The van der Waals surface area contributed by atoms with Crippen molar-refractivity contribution in [3.63, 3.8) is 0 Å². The van der Waals surface area contributed by atoms with Crippen molar-refractivity contribution in [1.29, 1.82) is 0 Å². The monoisotopic (exact) mass is 455 g/mol. The van der Waals surface area contributed by atoms with Gasteiger partial charge in [0.15, 0.2) is 6.61 Å². The number of anilines is 3. The Morgan fingerprint density at radius 3 is 2.59 bits per heavy atom. The summed E-state index contributed by atoms with van der Waals surface area (Å²) in [5.41, 5.74) is 2.13. The van der Waals surface area contributed by atoms with E-state index in [1.807, 2.05) is 6.92 Å². The molecule has 1 aliphatic carbocycles. The van der Waals surface area contributed by atoms with Gasteiger partial charge in [0.05, 0.1) is 16.9 Å². The van der Waals surface area contributed by atoms with E-state index in [2.05, 4.69) is 10.6 Å². The van der Waals surface area contributed by atoms with Gasteiger partial charge in [-0.15, -0.1) is 11.3 Å². The molecular weight excluding hydrogens is 430 g/mol. The van der Waals surface area contributed by atoms with Crippen LogP contribution < -0.4 is 15.5 Å². The van der Waals surface area contributed by atoms with Gasteiger partial charge in [-0.2, -0.15) is 0 Å². The number of hydrogen-bond acceptors (Lipinski definition) is 6. The third-order valence-electron chi connectivity index (χ3n) is 5.65. The average Bonchev–Trinajstić information content (AvgIpc) is 3.48. The van der Waals surface area contributed by atoms with Crippen LogP contribution in [0, 0.1) is 19.8 Å². The third-order valence-corrected chi connectivity index (χ3v) is 6.77. The number of rotatable bonds is 7. The van der Waals surface area contributed by atoms with Gasteiger partial charge in [-0.3, -0.25) is 14.4 Å². The summed E-state index contributed by atoms with van der Waals surface area (Å²) in [6.45, 7) is 3.78. The first-order valence-electron chi connectivity index (χ1n) is 10.6. The Labute approximate surface area is 189 Å². The molecule has 2 heterocycles. The minimum atomic E-state index is -0.656. The minimum absolute atomic E-state index is 0.00918. The van der Waals surface area contributed by atoms with E-state index in [-0.39, 0.29) is 23.3 Å². The van der Waals surface area contributed by atoms with Gasteiger partial charge in [0, 0.05) is 23.8 Å². The van der Waals surface area contributed by atoms with Crippen LogP contribution in [0.4, 0.5) is 16.4 Å². The van der Waals surface area contributed by atoms with Gasteiger partial charge >= 0.3 is 5.97 Å². The Balaban J connectivity index is 1.41. The van der Waals surface area contributed by atoms with Gasteiger partial charge in [0.25, 0.3) is 5.91 Å². The standard InChI is InChI=1S/C23H25N3O5S/c1-13-14(2)32-22(25-21(29)15-9-10-15)20(13)23(30)31-12-18(27)24-16-6-3-4-7-17(16)26-11-5-8-19(26)28/h3-4,6-7,15H,5,8-12H2,1-2H3,(H,24,27)(H,25,29). The fourth-order valence-corrected chi connectivity index (χ4v) is 4.68. The molecule has 0 bridgehead atoms. The van der Waals surface area contributed by atoms with Gasteiger partial charge in [0.2, 0.25) is 11.8 Å². The van der Waals surface area contributed by atoms with E-state index >= 15 is 0 Å². The molecule has 9 heteroatoms. The van der Waals surface area contributed by atoms with Crippen LogP contribution in [0.25, 0.3) is 0 Å². The number of aryl methyl sites for hydroxylation is 1. The van der Waals surface area contributed by atoms with Crippen LogP contribution in [0.3, 0.4) is 0 Å². The molecule has 8 nitrogen and oxygen atoms in total. The Bertz CT molecular complexity index is 1090. The lowest BCUT2D eigenvalue weighted by Gasteiger charge is -2.20. The number of para-hydroxylation sites is 2. The van der Waals surface area contributed by atoms with E-state index in [9.17, 15) is 19.2 Å². The zero-order chi connectivity index (χ0) is 22.8. The Morgan fingerprint density at radius 2 is 1.91 bits per heavy atom. The molecule has 3 amide bonds. The maximum Gasteiger partial charge on any atom is 0.341 e. The number of amides is 3. The van der Waals surface area contributed by atoms with Crippen molar-refractivity contribution in [1.82, 2.24) is 0 Å². The predicted octanol–water partition coefficient (Wildman–Crippen LogP) is 3.64. The molecule has 0 spiro atoms. The van der Waals surface area contributed by atoms with E-state index in [0.717, 1.165) is 29.7 Å². The molecule has 0 radical (unpaired) electrons. The van der Waals surface area contributed by atoms with Crippen LogP contribution in [0.1, 0.15) is 46.5 Å². The molecule has 2 fully saturated rings. The molecule has 1 saturated carbocycles. The zero-order valence-corrected chi connectivity index (χ0v) is 18.8. The van der Waals surface area contributed by atoms with Gasteiger partial charge in [-0.25, -0.2) is 4.79 Å². The molecular formula is C23H25N3O5S. The normalized spacial score (nSPS) is 15.6. The first kappa shape index (κ1) is 22.0. The second-order valence-corrected chi connectivity index (χ2v) is 9.27. The average molecular weight is 456 g/mol.